The summed E-state index contributed by atoms with van der Waals surface area (Å²) < 4.78 is 51.3. The lowest BCUT2D eigenvalue weighted by atomic mass is 10.2. The molecule has 0 bridgehead atoms. The fraction of sp³-hybridized carbons (Fsp3) is 0.174. The number of carbonyl (C=O) groups is 1. The zero-order chi connectivity index (χ0) is 24.0. The van der Waals surface area contributed by atoms with E-state index in [1.807, 2.05) is 0 Å². The smallest absolute Gasteiger partial charge is 0.243 e. The van der Waals surface area contributed by atoms with E-state index in [4.69, 9.17) is 21.1 Å². The summed E-state index contributed by atoms with van der Waals surface area (Å²) in [5.74, 6) is -0.120. The maximum absolute atomic E-state index is 13.3. The van der Waals surface area contributed by atoms with Gasteiger partial charge >= 0.3 is 0 Å². The van der Waals surface area contributed by atoms with Crippen molar-refractivity contribution in [1.82, 2.24) is 4.31 Å². The molecule has 1 N–H and O–H groups in total. The fourth-order valence-electron chi connectivity index (χ4n) is 3.05. The van der Waals surface area contributed by atoms with Crippen molar-refractivity contribution in [3.8, 4) is 11.5 Å². The van der Waals surface area contributed by atoms with Gasteiger partial charge in [0, 0.05) is 23.3 Å². The number of sulfonamides is 1. The van der Waals surface area contributed by atoms with Crippen LogP contribution < -0.4 is 14.8 Å². The topological polar surface area (TPSA) is 84.9 Å². The Balaban J connectivity index is 1.86. The van der Waals surface area contributed by atoms with Crippen LogP contribution in [0.1, 0.15) is 5.56 Å². The molecule has 33 heavy (non-hydrogen) atoms. The molecule has 3 rings (SSSR count). The van der Waals surface area contributed by atoms with Crippen LogP contribution in [0, 0.1) is 5.82 Å². The number of halogens is 2. The third-order valence-electron chi connectivity index (χ3n) is 4.71. The van der Waals surface area contributed by atoms with Crippen LogP contribution in [0.4, 0.5) is 10.1 Å². The van der Waals surface area contributed by atoms with Gasteiger partial charge in [0.25, 0.3) is 0 Å². The van der Waals surface area contributed by atoms with Gasteiger partial charge in [-0.3, -0.25) is 4.79 Å². The van der Waals surface area contributed by atoms with E-state index in [2.05, 4.69) is 5.32 Å². The number of ether oxygens (including phenoxy) is 2. The average Bonchev–Trinajstić information content (AvgIpc) is 2.80. The molecule has 0 saturated heterocycles. The van der Waals surface area contributed by atoms with Gasteiger partial charge in [0.15, 0.2) is 11.5 Å². The monoisotopic (exact) mass is 492 g/mol. The zero-order valence-electron chi connectivity index (χ0n) is 17.9. The predicted octanol–water partition coefficient (Wildman–Crippen LogP) is 4.33. The lowest BCUT2D eigenvalue weighted by Crippen LogP contribution is -2.37. The number of rotatable bonds is 9. The highest BCUT2D eigenvalue weighted by Gasteiger charge is 2.27. The highest BCUT2D eigenvalue weighted by Crippen LogP contribution is 2.30. The molecule has 0 radical (unpaired) electrons. The second kappa shape index (κ2) is 10.7. The van der Waals surface area contributed by atoms with Crippen LogP contribution in [-0.2, 0) is 21.4 Å². The number of hydrogen-bond donors (Lipinski definition) is 1. The molecule has 0 aromatic heterocycles. The van der Waals surface area contributed by atoms with Crippen molar-refractivity contribution < 1.29 is 27.1 Å². The summed E-state index contributed by atoms with van der Waals surface area (Å²) >= 11 is 5.88. The molecule has 0 aliphatic rings. The molecule has 0 fully saturated rings. The Bertz CT molecular complexity index is 1220. The van der Waals surface area contributed by atoms with Crippen molar-refractivity contribution in [2.24, 2.45) is 0 Å². The summed E-state index contributed by atoms with van der Waals surface area (Å²) in [6.07, 6.45) is 0. The van der Waals surface area contributed by atoms with Gasteiger partial charge in [-0.25, -0.2) is 12.8 Å². The Kier molecular flexibility index (Phi) is 7.91. The minimum absolute atomic E-state index is 0.0204. The van der Waals surface area contributed by atoms with Crippen LogP contribution in [0.5, 0.6) is 11.5 Å². The number of carbonyl (C=O) groups excluding carboxylic acids is 1. The SMILES string of the molecule is COc1ccc(NC(=O)CN(Cc2ccc(F)cc2)S(=O)(=O)c2ccc(Cl)cc2)cc1OC. The van der Waals surface area contributed by atoms with Crippen molar-refractivity contribution in [2.45, 2.75) is 11.4 Å². The first-order chi connectivity index (χ1) is 15.7. The highest BCUT2D eigenvalue weighted by molar-refractivity contribution is 7.89. The largest absolute Gasteiger partial charge is 0.493 e. The van der Waals surface area contributed by atoms with Crippen molar-refractivity contribution in [3.05, 3.63) is 83.1 Å². The van der Waals surface area contributed by atoms with E-state index in [1.54, 1.807) is 18.2 Å². The molecule has 0 unspecified atom stereocenters. The Morgan fingerprint density at radius 3 is 2.21 bits per heavy atom. The second-order valence-electron chi connectivity index (χ2n) is 6.97. The van der Waals surface area contributed by atoms with Gasteiger partial charge in [0.1, 0.15) is 5.82 Å². The first-order valence-corrected chi connectivity index (χ1v) is 11.6. The van der Waals surface area contributed by atoms with Gasteiger partial charge in [0.05, 0.1) is 25.7 Å². The number of nitrogens with one attached hydrogen (secondary N) is 1. The first-order valence-electron chi connectivity index (χ1n) is 9.75. The number of anilines is 1. The molecular formula is C23H22ClFN2O5S. The lowest BCUT2D eigenvalue weighted by molar-refractivity contribution is -0.116. The van der Waals surface area contributed by atoms with Crippen molar-refractivity contribution in [1.29, 1.82) is 0 Å². The van der Waals surface area contributed by atoms with E-state index in [-0.39, 0.29) is 11.4 Å². The number of nitrogens with zero attached hydrogens (tertiary/aromatic N) is 1. The van der Waals surface area contributed by atoms with Crippen LogP contribution >= 0.6 is 11.6 Å². The van der Waals surface area contributed by atoms with E-state index < -0.39 is 28.3 Å². The van der Waals surface area contributed by atoms with Gasteiger partial charge in [0.2, 0.25) is 15.9 Å². The third-order valence-corrected chi connectivity index (χ3v) is 6.77. The van der Waals surface area contributed by atoms with Crippen molar-refractivity contribution >= 4 is 33.2 Å². The zero-order valence-corrected chi connectivity index (χ0v) is 19.5. The summed E-state index contributed by atoms with van der Waals surface area (Å²) in [5.41, 5.74) is 0.927. The summed E-state index contributed by atoms with van der Waals surface area (Å²) in [6, 6.07) is 15.8. The molecule has 3 aromatic rings. The minimum Gasteiger partial charge on any atom is -0.493 e. The average molecular weight is 493 g/mol. The van der Waals surface area contributed by atoms with Crippen molar-refractivity contribution in [3.63, 3.8) is 0 Å². The van der Waals surface area contributed by atoms with Gasteiger partial charge in [-0.15, -0.1) is 0 Å². The van der Waals surface area contributed by atoms with E-state index >= 15 is 0 Å². The highest BCUT2D eigenvalue weighted by atomic mass is 35.5. The van der Waals surface area contributed by atoms with E-state index in [1.165, 1.54) is 62.8 Å². The molecule has 7 nitrogen and oxygen atoms in total. The lowest BCUT2D eigenvalue weighted by Gasteiger charge is -2.22. The third kappa shape index (κ3) is 6.22. The summed E-state index contributed by atoms with van der Waals surface area (Å²) in [6.45, 7) is -0.610. The molecule has 1 amide bonds. The summed E-state index contributed by atoms with van der Waals surface area (Å²) in [7, 11) is -1.11. The van der Waals surface area contributed by atoms with Crippen LogP contribution in [0.15, 0.2) is 71.6 Å². The first kappa shape index (κ1) is 24.5. The Labute approximate surface area is 196 Å². The molecule has 0 saturated carbocycles. The normalized spacial score (nSPS) is 11.3. The number of hydrogen-bond acceptors (Lipinski definition) is 5. The van der Waals surface area contributed by atoms with Crippen LogP contribution in [0.3, 0.4) is 0 Å². The van der Waals surface area contributed by atoms with E-state index in [0.29, 0.717) is 27.8 Å². The minimum atomic E-state index is -4.06. The number of methoxy groups -OCH3 is 2. The van der Waals surface area contributed by atoms with Crippen LogP contribution in [0.2, 0.25) is 5.02 Å². The molecule has 10 heteroatoms. The Morgan fingerprint density at radius 2 is 1.61 bits per heavy atom. The number of amides is 1. The summed E-state index contributed by atoms with van der Waals surface area (Å²) in [4.78, 5) is 12.8. The Hall–Kier alpha value is -3.14. The van der Waals surface area contributed by atoms with Gasteiger partial charge in [-0.05, 0) is 54.1 Å². The van der Waals surface area contributed by atoms with Crippen LogP contribution in [-0.4, -0.2) is 39.4 Å². The quantitative estimate of drug-likeness (QED) is 0.480. The predicted molar refractivity (Wildman–Crippen MR) is 124 cm³/mol. The molecule has 0 aliphatic heterocycles. The van der Waals surface area contributed by atoms with E-state index in [0.717, 1.165) is 4.31 Å². The van der Waals surface area contributed by atoms with Gasteiger partial charge < -0.3 is 14.8 Å². The van der Waals surface area contributed by atoms with Crippen LogP contribution in [0.25, 0.3) is 0 Å². The second-order valence-corrected chi connectivity index (χ2v) is 9.35. The molecular weight excluding hydrogens is 471 g/mol. The number of benzene rings is 3. The van der Waals surface area contributed by atoms with Crippen molar-refractivity contribution in [2.75, 3.05) is 26.1 Å². The maximum Gasteiger partial charge on any atom is 0.243 e. The van der Waals surface area contributed by atoms with Gasteiger partial charge in [-0.2, -0.15) is 4.31 Å². The molecule has 0 spiro atoms. The molecule has 0 atom stereocenters. The standard InChI is InChI=1S/C23H22ClFN2O5S/c1-31-21-12-9-19(13-22(21)32-2)26-23(28)15-27(14-16-3-7-18(25)8-4-16)33(29,30)20-10-5-17(24)6-11-20/h3-13H,14-15H2,1-2H3,(H,26,28). The van der Waals surface area contributed by atoms with Gasteiger partial charge in [-0.1, -0.05) is 23.7 Å². The molecule has 174 valence electrons. The molecule has 3 aromatic carbocycles. The fourth-order valence-corrected chi connectivity index (χ4v) is 4.56. The maximum atomic E-state index is 13.3. The molecule has 0 aliphatic carbocycles. The molecule has 0 heterocycles. The summed E-state index contributed by atoms with van der Waals surface area (Å²) in [5, 5.41) is 3.04. The van der Waals surface area contributed by atoms with E-state index in [9.17, 15) is 17.6 Å². The Morgan fingerprint density at radius 1 is 0.970 bits per heavy atom.